The molecule has 25 heavy (non-hydrogen) atoms. The number of carbonyl (C=O) groups excluding carboxylic acids is 2. The first-order valence-electron chi connectivity index (χ1n) is 9.62. The maximum absolute atomic E-state index is 12.4. The van der Waals surface area contributed by atoms with Crippen LogP contribution in [0.4, 0.5) is 0 Å². The summed E-state index contributed by atoms with van der Waals surface area (Å²) in [6.45, 7) is 7.82. The fraction of sp³-hybridized carbons (Fsp3) is 0.737. The van der Waals surface area contributed by atoms with Crippen LogP contribution in [0.1, 0.15) is 88.5 Å². The van der Waals surface area contributed by atoms with Crippen LogP contribution >= 0.6 is 0 Å². The van der Waals surface area contributed by atoms with Gasteiger partial charge in [0.1, 0.15) is 6.26 Å². The number of nitrogens with zero attached hydrogens (tertiary/aromatic N) is 2. The highest BCUT2D eigenvalue weighted by Crippen LogP contribution is 2.11. The van der Waals surface area contributed by atoms with E-state index in [2.05, 4.69) is 17.2 Å². The second kappa shape index (κ2) is 12.5. The first kappa shape index (κ1) is 21.2. The van der Waals surface area contributed by atoms with E-state index < -0.39 is 0 Å². The number of oxazole rings is 1. The summed E-state index contributed by atoms with van der Waals surface area (Å²) in [4.78, 5) is 30.3. The average Bonchev–Trinajstić information content (AvgIpc) is 3.07. The van der Waals surface area contributed by atoms with Crippen LogP contribution in [0.15, 0.2) is 10.7 Å². The van der Waals surface area contributed by atoms with Gasteiger partial charge in [0.15, 0.2) is 5.69 Å². The molecule has 6 heteroatoms. The Bertz CT molecular complexity index is 514. The van der Waals surface area contributed by atoms with Crippen LogP contribution in [0, 0.1) is 0 Å². The van der Waals surface area contributed by atoms with Crippen LogP contribution < -0.4 is 5.32 Å². The van der Waals surface area contributed by atoms with Crippen molar-refractivity contribution in [2.24, 2.45) is 0 Å². The molecule has 0 saturated heterocycles. The summed E-state index contributed by atoms with van der Waals surface area (Å²) in [7, 11) is 0. The first-order valence-corrected chi connectivity index (χ1v) is 9.62. The zero-order valence-corrected chi connectivity index (χ0v) is 16.0. The lowest BCUT2D eigenvalue weighted by Gasteiger charge is -2.20. The number of hydrogen-bond donors (Lipinski definition) is 1. The third-order valence-corrected chi connectivity index (χ3v) is 3.99. The molecule has 1 aromatic rings. The van der Waals surface area contributed by atoms with Gasteiger partial charge in [-0.1, -0.05) is 46.5 Å². The lowest BCUT2D eigenvalue weighted by Crippen LogP contribution is -2.31. The number of nitrogens with one attached hydrogen (secondary N) is 1. The molecule has 6 nitrogen and oxygen atoms in total. The molecule has 1 N–H and O–H groups in total. The highest BCUT2D eigenvalue weighted by atomic mass is 16.3. The van der Waals surface area contributed by atoms with Crippen LogP contribution in [-0.2, 0) is 11.3 Å². The molecule has 1 heterocycles. The molecule has 2 amide bonds. The molecular weight excluding hydrogens is 318 g/mol. The summed E-state index contributed by atoms with van der Waals surface area (Å²) < 4.78 is 5.38. The van der Waals surface area contributed by atoms with E-state index in [0.717, 1.165) is 25.7 Å². The number of carbonyl (C=O) groups is 2. The Morgan fingerprint density at radius 2 is 1.84 bits per heavy atom. The van der Waals surface area contributed by atoms with Crippen LogP contribution in [0.5, 0.6) is 0 Å². The standard InChI is InChI=1S/C19H33N3O3/c1-4-7-8-9-10-11-18(23)22(13-6-3)14-17-21-16(15-25-17)19(24)20-12-5-2/h15H,4-14H2,1-3H3,(H,20,24). The smallest absolute Gasteiger partial charge is 0.273 e. The van der Waals surface area contributed by atoms with E-state index in [0.29, 0.717) is 31.9 Å². The molecule has 0 bridgehead atoms. The van der Waals surface area contributed by atoms with Crippen molar-refractivity contribution in [2.75, 3.05) is 13.1 Å². The van der Waals surface area contributed by atoms with Crippen molar-refractivity contribution in [3.8, 4) is 0 Å². The minimum Gasteiger partial charge on any atom is -0.446 e. The molecule has 0 spiro atoms. The van der Waals surface area contributed by atoms with Gasteiger partial charge in [-0.3, -0.25) is 9.59 Å². The van der Waals surface area contributed by atoms with Gasteiger partial charge in [-0.2, -0.15) is 0 Å². The molecule has 1 aromatic heterocycles. The first-order chi connectivity index (χ1) is 12.1. The lowest BCUT2D eigenvalue weighted by molar-refractivity contribution is -0.132. The molecule has 0 aliphatic heterocycles. The summed E-state index contributed by atoms with van der Waals surface area (Å²) in [6.07, 6.45) is 9.32. The van der Waals surface area contributed by atoms with E-state index in [1.54, 1.807) is 4.90 Å². The number of amides is 2. The van der Waals surface area contributed by atoms with Gasteiger partial charge in [0.05, 0.1) is 6.54 Å². The molecule has 0 aromatic carbocycles. The quantitative estimate of drug-likeness (QED) is 0.547. The van der Waals surface area contributed by atoms with Gasteiger partial charge in [-0.25, -0.2) is 4.98 Å². The van der Waals surface area contributed by atoms with E-state index in [-0.39, 0.29) is 17.5 Å². The Morgan fingerprint density at radius 1 is 1.08 bits per heavy atom. The predicted octanol–water partition coefficient (Wildman–Crippen LogP) is 3.91. The van der Waals surface area contributed by atoms with Crippen molar-refractivity contribution in [1.29, 1.82) is 0 Å². The predicted molar refractivity (Wildman–Crippen MR) is 98.2 cm³/mol. The van der Waals surface area contributed by atoms with Gasteiger partial charge in [0.25, 0.3) is 5.91 Å². The Balaban J connectivity index is 2.52. The monoisotopic (exact) mass is 351 g/mol. The van der Waals surface area contributed by atoms with E-state index in [1.807, 2.05) is 13.8 Å². The van der Waals surface area contributed by atoms with Crippen molar-refractivity contribution in [2.45, 2.75) is 78.7 Å². The summed E-state index contributed by atoms with van der Waals surface area (Å²) in [5.41, 5.74) is 0.270. The molecule has 1 rings (SSSR count). The Morgan fingerprint density at radius 3 is 2.52 bits per heavy atom. The van der Waals surface area contributed by atoms with Crippen molar-refractivity contribution < 1.29 is 14.0 Å². The summed E-state index contributed by atoms with van der Waals surface area (Å²) in [5.74, 6) is 0.309. The van der Waals surface area contributed by atoms with E-state index in [1.165, 1.54) is 25.5 Å². The van der Waals surface area contributed by atoms with Crippen molar-refractivity contribution >= 4 is 11.8 Å². The lowest BCUT2D eigenvalue weighted by atomic mass is 10.1. The summed E-state index contributed by atoms with van der Waals surface area (Å²) in [5, 5.41) is 2.77. The third-order valence-electron chi connectivity index (χ3n) is 3.99. The van der Waals surface area contributed by atoms with Crippen LogP contribution in [0.3, 0.4) is 0 Å². The number of aromatic nitrogens is 1. The van der Waals surface area contributed by atoms with Gasteiger partial charge in [-0.15, -0.1) is 0 Å². The molecule has 0 unspecified atom stereocenters. The number of unbranched alkanes of at least 4 members (excludes halogenated alkanes) is 4. The fourth-order valence-corrected chi connectivity index (χ4v) is 2.58. The van der Waals surface area contributed by atoms with Crippen LogP contribution in [0.25, 0.3) is 0 Å². The van der Waals surface area contributed by atoms with Gasteiger partial charge in [-0.05, 0) is 19.3 Å². The topological polar surface area (TPSA) is 75.4 Å². The summed E-state index contributed by atoms with van der Waals surface area (Å²) in [6, 6.07) is 0. The highest BCUT2D eigenvalue weighted by Gasteiger charge is 2.17. The highest BCUT2D eigenvalue weighted by molar-refractivity contribution is 5.91. The zero-order chi connectivity index (χ0) is 18.5. The number of hydrogen-bond acceptors (Lipinski definition) is 4. The van der Waals surface area contributed by atoms with E-state index in [9.17, 15) is 9.59 Å². The second-order valence-corrected chi connectivity index (χ2v) is 6.36. The molecule has 0 aliphatic rings. The van der Waals surface area contributed by atoms with Crippen LogP contribution in [-0.4, -0.2) is 34.8 Å². The van der Waals surface area contributed by atoms with E-state index >= 15 is 0 Å². The Labute approximate surface area is 151 Å². The van der Waals surface area contributed by atoms with Crippen molar-refractivity contribution in [3.05, 3.63) is 17.8 Å². The van der Waals surface area contributed by atoms with Gasteiger partial charge >= 0.3 is 0 Å². The van der Waals surface area contributed by atoms with Crippen LogP contribution in [0.2, 0.25) is 0 Å². The van der Waals surface area contributed by atoms with E-state index in [4.69, 9.17) is 4.42 Å². The fourth-order valence-electron chi connectivity index (χ4n) is 2.58. The van der Waals surface area contributed by atoms with Gasteiger partial charge in [0.2, 0.25) is 11.8 Å². The molecule has 0 saturated carbocycles. The molecule has 0 aliphatic carbocycles. The summed E-state index contributed by atoms with van der Waals surface area (Å²) >= 11 is 0. The minimum atomic E-state index is -0.235. The average molecular weight is 351 g/mol. The van der Waals surface area contributed by atoms with Crippen molar-refractivity contribution in [3.63, 3.8) is 0 Å². The minimum absolute atomic E-state index is 0.133. The largest absolute Gasteiger partial charge is 0.446 e. The second-order valence-electron chi connectivity index (χ2n) is 6.36. The normalized spacial score (nSPS) is 10.7. The Kier molecular flexibility index (Phi) is 10.6. The molecular formula is C19H33N3O3. The molecule has 142 valence electrons. The SMILES string of the molecule is CCCCCCCC(=O)N(CCC)Cc1nc(C(=O)NCCC)co1. The molecule has 0 atom stereocenters. The van der Waals surface area contributed by atoms with Crippen molar-refractivity contribution in [1.82, 2.24) is 15.2 Å². The molecule has 0 fully saturated rings. The number of rotatable bonds is 13. The third kappa shape index (κ3) is 8.18. The van der Waals surface area contributed by atoms with Gasteiger partial charge in [0, 0.05) is 19.5 Å². The maximum Gasteiger partial charge on any atom is 0.273 e. The molecule has 0 radical (unpaired) electrons. The maximum atomic E-state index is 12.4. The Hall–Kier alpha value is -1.85. The zero-order valence-electron chi connectivity index (χ0n) is 16.0. The van der Waals surface area contributed by atoms with Gasteiger partial charge < -0.3 is 14.6 Å².